The number of Topliss-reactive ketones (excluding diaryl/α,β-unsaturated/α-hetero) is 1. The van der Waals surface area contributed by atoms with E-state index < -0.39 is 0 Å². The van der Waals surface area contributed by atoms with Crippen molar-refractivity contribution in [2.45, 2.75) is 64.6 Å². The van der Waals surface area contributed by atoms with Gasteiger partial charge in [0.05, 0.1) is 12.5 Å². The highest BCUT2D eigenvalue weighted by atomic mass is 16.5. The summed E-state index contributed by atoms with van der Waals surface area (Å²) < 4.78 is 10.6. The van der Waals surface area contributed by atoms with Crippen LogP contribution in [0, 0.1) is 0 Å². The number of allylic oxidation sites excluding steroid dienone is 1. The SMILES string of the molecule is C=CCCC(CC(C)=O)OC(=O)CC(CCC)OC. The first-order valence-electron chi connectivity index (χ1n) is 6.86. The van der Waals surface area contributed by atoms with Gasteiger partial charge in [-0.15, -0.1) is 6.58 Å². The highest BCUT2D eigenvalue weighted by Crippen LogP contribution is 2.12. The topological polar surface area (TPSA) is 52.6 Å². The van der Waals surface area contributed by atoms with Gasteiger partial charge in [0.25, 0.3) is 0 Å². The van der Waals surface area contributed by atoms with Crippen LogP contribution in [-0.2, 0) is 19.1 Å². The molecule has 0 heterocycles. The van der Waals surface area contributed by atoms with Gasteiger partial charge in [-0.1, -0.05) is 19.4 Å². The average molecular weight is 270 g/mol. The van der Waals surface area contributed by atoms with Crippen molar-refractivity contribution in [2.75, 3.05) is 7.11 Å². The molecule has 0 fully saturated rings. The Morgan fingerprint density at radius 1 is 1.21 bits per heavy atom. The Balaban J connectivity index is 4.26. The molecule has 0 N–H and O–H groups in total. The predicted molar refractivity (Wildman–Crippen MR) is 74.9 cm³/mol. The first kappa shape index (κ1) is 17.8. The second-order valence-corrected chi connectivity index (χ2v) is 4.73. The molecule has 0 rings (SSSR count). The molecule has 0 aromatic heterocycles. The summed E-state index contributed by atoms with van der Waals surface area (Å²) in [6.45, 7) is 7.18. The molecule has 0 saturated heterocycles. The molecule has 2 atom stereocenters. The molecule has 0 aliphatic carbocycles. The van der Waals surface area contributed by atoms with Crippen LogP contribution in [0.1, 0.15) is 52.4 Å². The second-order valence-electron chi connectivity index (χ2n) is 4.73. The van der Waals surface area contributed by atoms with E-state index >= 15 is 0 Å². The number of hydrogen-bond donors (Lipinski definition) is 0. The minimum atomic E-state index is -0.345. The molecular formula is C15H26O4. The predicted octanol–water partition coefficient (Wildman–Crippen LogP) is 3.05. The first-order chi connectivity index (χ1) is 9.03. The van der Waals surface area contributed by atoms with Crippen molar-refractivity contribution >= 4 is 11.8 Å². The molecular weight excluding hydrogens is 244 g/mol. The number of carbonyl (C=O) groups excluding carboxylic acids is 2. The summed E-state index contributed by atoms with van der Waals surface area (Å²) in [5, 5.41) is 0. The van der Waals surface area contributed by atoms with Crippen molar-refractivity contribution in [2.24, 2.45) is 0 Å². The van der Waals surface area contributed by atoms with Crippen LogP contribution >= 0.6 is 0 Å². The maximum atomic E-state index is 11.8. The Kier molecular flexibility index (Phi) is 10.1. The fourth-order valence-electron chi connectivity index (χ4n) is 1.87. The third-order valence-corrected chi connectivity index (χ3v) is 2.84. The maximum absolute atomic E-state index is 11.8. The molecule has 110 valence electrons. The van der Waals surface area contributed by atoms with E-state index in [9.17, 15) is 9.59 Å². The van der Waals surface area contributed by atoms with E-state index in [1.54, 1.807) is 13.2 Å². The van der Waals surface area contributed by atoms with Gasteiger partial charge in [0.1, 0.15) is 11.9 Å². The molecule has 0 aromatic rings. The van der Waals surface area contributed by atoms with Gasteiger partial charge in [-0.2, -0.15) is 0 Å². The lowest BCUT2D eigenvalue weighted by molar-refractivity contribution is -0.153. The van der Waals surface area contributed by atoms with Crippen LogP contribution in [0.5, 0.6) is 0 Å². The molecule has 0 aliphatic rings. The highest BCUT2D eigenvalue weighted by molar-refractivity contribution is 5.77. The number of hydrogen-bond acceptors (Lipinski definition) is 4. The molecule has 0 radical (unpaired) electrons. The van der Waals surface area contributed by atoms with Crippen molar-refractivity contribution < 1.29 is 19.1 Å². The number of esters is 1. The average Bonchev–Trinajstić information content (AvgIpc) is 2.34. The lowest BCUT2D eigenvalue weighted by Gasteiger charge is -2.18. The van der Waals surface area contributed by atoms with Crippen LogP contribution in [0.25, 0.3) is 0 Å². The van der Waals surface area contributed by atoms with Gasteiger partial charge in [-0.05, 0) is 26.2 Å². The Labute approximate surface area is 116 Å². The number of ether oxygens (including phenoxy) is 2. The molecule has 0 aliphatic heterocycles. The van der Waals surface area contributed by atoms with E-state index in [0.29, 0.717) is 6.42 Å². The minimum Gasteiger partial charge on any atom is -0.462 e. The number of methoxy groups -OCH3 is 1. The van der Waals surface area contributed by atoms with E-state index in [4.69, 9.17) is 9.47 Å². The highest BCUT2D eigenvalue weighted by Gasteiger charge is 2.19. The lowest BCUT2D eigenvalue weighted by atomic mass is 10.1. The third-order valence-electron chi connectivity index (χ3n) is 2.84. The van der Waals surface area contributed by atoms with Crippen LogP contribution in [0.3, 0.4) is 0 Å². The molecule has 0 saturated carbocycles. The van der Waals surface area contributed by atoms with Crippen LogP contribution in [0.4, 0.5) is 0 Å². The second kappa shape index (κ2) is 10.7. The van der Waals surface area contributed by atoms with Crippen molar-refractivity contribution in [1.29, 1.82) is 0 Å². The quantitative estimate of drug-likeness (QED) is 0.428. The van der Waals surface area contributed by atoms with Crippen molar-refractivity contribution in [1.82, 2.24) is 0 Å². The molecule has 0 spiro atoms. The van der Waals surface area contributed by atoms with E-state index in [0.717, 1.165) is 19.3 Å². The molecule has 0 aromatic carbocycles. The minimum absolute atomic E-state index is 0.0266. The smallest absolute Gasteiger partial charge is 0.308 e. The Hall–Kier alpha value is -1.16. The first-order valence-corrected chi connectivity index (χ1v) is 6.86. The molecule has 19 heavy (non-hydrogen) atoms. The van der Waals surface area contributed by atoms with Crippen LogP contribution in [0.15, 0.2) is 12.7 Å². The monoisotopic (exact) mass is 270 g/mol. The molecule has 0 bridgehead atoms. The van der Waals surface area contributed by atoms with Gasteiger partial charge in [-0.25, -0.2) is 0 Å². The Morgan fingerprint density at radius 2 is 1.89 bits per heavy atom. The fraction of sp³-hybridized carbons (Fsp3) is 0.733. The zero-order chi connectivity index (χ0) is 14.7. The summed E-state index contributed by atoms with van der Waals surface area (Å²) in [5.74, 6) is -0.269. The van der Waals surface area contributed by atoms with Gasteiger partial charge in [0, 0.05) is 13.5 Å². The standard InChI is InChI=1S/C15H26O4/c1-5-7-9-14(10-12(3)16)19-15(17)11-13(18-4)8-6-2/h5,13-14H,1,6-11H2,2-4H3. The van der Waals surface area contributed by atoms with Crippen LogP contribution in [0.2, 0.25) is 0 Å². The van der Waals surface area contributed by atoms with Crippen molar-refractivity contribution in [3.05, 3.63) is 12.7 Å². The summed E-state index contributed by atoms with van der Waals surface area (Å²) in [6, 6.07) is 0. The maximum Gasteiger partial charge on any atom is 0.308 e. The summed E-state index contributed by atoms with van der Waals surface area (Å²) in [5.41, 5.74) is 0. The normalized spacial score (nSPS) is 13.6. The number of carbonyl (C=O) groups is 2. The summed E-state index contributed by atoms with van der Waals surface area (Å²) in [4.78, 5) is 22.9. The van der Waals surface area contributed by atoms with Gasteiger partial charge >= 0.3 is 5.97 Å². The Morgan fingerprint density at radius 3 is 2.37 bits per heavy atom. The number of rotatable bonds is 11. The van der Waals surface area contributed by atoms with Crippen LogP contribution < -0.4 is 0 Å². The lowest BCUT2D eigenvalue weighted by Crippen LogP contribution is -2.24. The van der Waals surface area contributed by atoms with Gasteiger partial charge < -0.3 is 9.47 Å². The number of ketones is 1. The fourth-order valence-corrected chi connectivity index (χ4v) is 1.87. The summed E-state index contributed by atoms with van der Waals surface area (Å²) >= 11 is 0. The van der Waals surface area contributed by atoms with Gasteiger partial charge in [0.2, 0.25) is 0 Å². The third kappa shape index (κ3) is 9.42. The van der Waals surface area contributed by atoms with E-state index in [1.807, 2.05) is 6.92 Å². The van der Waals surface area contributed by atoms with Gasteiger partial charge in [0.15, 0.2) is 0 Å². The molecule has 4 nitrogen and oxygen atoms in total. The molecule has 0 amide bonds. The summed E-state index contributed by atoms with van der Waals surface area (Å²) in [6.07, 6.45) is 4.98. The van der Waals surface area contributed by atoms with Crippen molar-refractivity contribution in [3.8, 4) is 0 Å². The van der Waals surface area contributed by atoms with Crippen molar-refractivity contribution in [3.63, 3.8) is 0 Å². The van der Waals surface area contributed by atoms with Crippen LogP contribution in [-0.4, -0.2) is 31.1 Å². The van der Waals surface area contributed by atoms with E-state index in [2.05, 4.69) is 6.58 Å². The molecule has 2 unspecified atom stereocenters. The Bertz CT molecular complexity index is 286. The summed E-state index contributed by atoms with van der Waals surface area (Å²) in [7, 11) is 1.60. The zero-order valence-corrected chi connectivity index (χ0v) is 12.3. The largest absolute Gasteiger partial charge is 0.462 e. The van der Waals surface area contributed by atoms with E-state index in [-0.39, 0.29) is 36.8 Å². The van der Waals surface area contributed by atoms with E-state index in [1.165, 1.54) is 6.92 Å². The van der Waals surface area contributed by atoms with Gasteiger partial charge in [-0.3, -0.25) is 9.59 Å². The zero-order valence-electron chi connectivity index (χ0n) is 12.3. The molecule has 4 heteroatoms.